The third kappa shape index (κ3) is 1.70. The molecule has 76 valence electrons. The van der Waals surface area contributed by atoms with Gasteiger partial charge in [0.25, 0.3) is 0 Å². The lowest BCUT2D eigenvalue weighted by atomic mass is 10.3. The molecule has 1 amide bonds. The predicted octanol–water partition coefficient (Wildman–Crippen LogP) is 0.988. The zero-order valence-corrected chi connectivity index (χ0v) is 7.66. The summed E-state index contributed by atoms with van der Waals surface area (Å²) >= 11 is 0. The number of carbonyl (C=O) groups is 1. The Morgan fingerprint density at radius 3 is 2.93 bits per heavy atom. The first-order chi connectivity index (χ1) is 7.18. The molecule has 0 aliphatic heterocycles. The summed E-state index contributed by atoms with van der Waals surface area (Å²) in [6.07, 6.45) is 1.75. The van der Waals surface area contributed by atoms with Crippen LogP contribution in [-0.4, -0.2) is 21.2 Å². The van der Waals surface area contributed by atoms with Gasteiger partial charge in [0.15, 0.2) is 0 Å². The van der Waals surface area contributed by atoms with Crippen molar-refractivity contribution in [1.82, 2.24) is 9.97 Å². The van der Waals surface area contributed by atoms with Gasteiger partial charge >= 0.3 is 6.09 Å². The Hall–Kier alpha value is -2.21. The number of hydrazine groups is 1. The van der Waals surface area contributed by atoms with Crippen LogP contribution in [0.2, 0.25) is 0 Å². The molecule has 3 N–H and O–H groups in total. The van der Waals surface area contributed by atoms with Gasteiger partial charge in [-0.25, -0.2) is 15.6 Å². The van der Waals surface area contributed by atoms with E-state index in [1.807, 2.05) is 0 Å². The molecule has 6 heteroatoms. The number of aromatic nitrogens is 2. The molecule has 0 aliphatic rings. The second kappa shape index (κ2) is 3.50. The van der Waals surface area contributed by atoms with Crippen molar-refractivity contribution in [2.45, 2.75) is 0 Å². The average molecular weight is 204 g/mol. The Kier molecular flexibility index (Phi) is 2.18. The van der Waals surface area contributed by atoms with Crippen LogP contribution in [0.5, 0.6) is 0 Å². The highest BCUT2D eigenvalue weighted by Gasteiger charge is 2.10. The third-order valence-electron chi connectivity index (χ3n) is 1.92. The lowest BCUT2D eigenvalue weighted by Crippen LogP contribution is -2.36. The molecule has 6 nitrogen and oxygen atoms in total. The summed E-state index contributed by atoms with van der Waals surface area (Å²) in [6, 6.07) is 5.11. The summed E-state index contributed by atoms with van der Waals surface area (Å²) < 4.78 is 0. The van der Waals surface area contributed by atoms with E-state index in [0.717, 1.165) is 0 Å². The number of amides is 1. The molecule has 0 saturated heterocycles. The van der Waals surface area contributed by atoms with Gasteiger partial charge in [-0.1, -0.05) is 0 Å². The Morgan fingerprint density at radius 2 is 2.20 bits per heavy atom. The maximum absolute atomic E-state index is 10.6. The van der Waals surface area contributed by atoms with Crippen LogP contribution in [0.25, 0.3) is 11.0 Å². The van der Waals surface area contributed by atoms with E-state index in [9.17, 15) is 4.79 Å². The van der Waals surface area contributed by atoms with Crippen molar-refractivity contribution < 1.29 is 9.90 Å². The molecule has 0 spiro atoms. The molecular weight excluding hydrogens is 196 g/mol. The fourth-order valence-corrected chi connectivity index (χ4v) is 1.18. The van der Waals surface area contributed by atoms with E-state index in [0.29, 0.717) is 16.0 Å². The maximum Gasteiger partial charge on any atom is 0.426 e. The highest BCUT2D eigenvalue weighted by molar-refractivity contribution is 5.87. The van der Waals surface area contributed by atoms with Gasteiger partial charge < -0.3 is 5.11 Å². The van der Waals surface area contributed by atoms with Crippen LogP contribution in [0.1, 0.15) is 0 Å². The quantitative estimate of drug-likeness (QED) is 0.410. The highest BCUT2D eigenvalue weighted by atomic mass is 16.4. The summed E-state index contributed by atoms with van der Waals surface area (Å²) in [4.78, 5) is 18.7. The van der Waals surface area contributed by atoms with Crippen LogP contribution in [0.3, 0.4) is 0 Å². The first kappa shape index (κ1) is 9.35. The normalized spacial score (nSPS) is 10.2. The van der Waals surface area contributed by atoms with E-state index in [4.69, 9.17) is 10.9 Å². The van der Waals surface area contributed by atoms with E-state index >= 15 is 0 Å². The number of pyridine rings is 2. The van der Waals surface area contributed by atoms with Gasteiger partial charge in [-0.2, -0.15) is 0 Å². The van der Waals surface area contributed by atoms with Crippen LogP contribution in [0, 0.1) is 0 Å². The molecule has 0 aliphatic carbocycles. The minimum Gasteiger partial charge on any atom is -0.464 e. The van der Waals surface area contributed by atoms with Crippen LogP contribution in [-0.2, 0) is 0 Å². The van der Waals surface area contributed by atoms with E-state index in [2.05, 4.69) is 9.97 Å². The minimum atomic E-state index is -1.24. The van der Waals surface area contributed by atoms with E-state index in [1.165, 1.54) is 6.20 Å². The molecule has 2 heterocycles. The predicted molar refractivity (Wildman–Crippen MR) is 54.2 cm³/mol. The maximum atomic E-state index is 10.6. The number of fused-ring (bicyclic) bond motifs is 1. The van der Waals surface area contributed by atoms with Crippen LogP contribution in [0.15, 0.2) is 30.6 Å². The van der Waals surface area contributed by atoms with Crippen molar-refractivity contribution in [2.24, 2.45) is 5.84 Å². The molecular formula is C9H8N4O2. The van der Waals surface area contributed by atoms with Gasteiger partial charge in [-0.15, -0.1) is 0 Å². The van der Waals surface area contributed by atoms with Crippen LogP contribution >= 0.6 is 0 Å². The van der Waals surface area contributed by atoms with Crippen molar-refractivity contribution in [3.63, 3.8) is 0 Å². The smallest absolute Gasteiger partial charge is 0.426 e. The average Bonchev–Trinajstić information content (AvgIpc) is 2.27. The zero-order chi connectivity index (χ0) is 10.8. The Morgan fingerprint density at radius 1 is 1.40 bits per heavy atom. The number of hydrogen-bond donors (Lipinski definition) is 2. The molecule has 2 aromatic heterocycles. The number of nitrogens with two attached hydrogens (primary N) is 1. The van der Waals surface area contributed by atoms with E-state index < -0.39 is 6.09 Å². The molecule has 0 fully saturated rings. The highest BCUT2D eigenvalue weighted by Crippen LogP contribution is 2.15. The van der Waals surface area contributed by atoms with Gasteiger partial charge in [0.05, 0.1) is 22.9 Å². The van der Waals surface area contributed by atoms with Gasteiger partial charge in [0, 0.05) is 6.20 Å². The zero-order valence-electron chi connectivity index (χ0n) is 7.66. The lowest BCUT2D eigenvalue weighted by Gasteiger charge is -2.11. The number of hydrogen-bond acceptors (Lipinski definition) is 4. The SMILES string of the molecule is NN(C(=O)O)c1cnc2cccnc2c1. The third-order valence-corrected chi connectivity index (χ3v) is 1.92. The Labute approximate surface area is 84.9 Å². The van der Waals surface area contributed by atoms with Gasteiger partial charge in [0.1, 0.15) is 0 Å². The second-order valence-electron chi connectivity index (χ2n) is 2.89. The summed E-state index contributed by atoms with van der Waals surface area (Å²) in [5.41, 5.74) is 1.58. The molecule has 15 heavy (non-hydrogen) atoms. The number of anilines is 1. The molecule has 2 aromatic rings. The Bertz CT molecular complexity index is 514. The molecule has 0 saturated carbocycles. The fourth-order valence-electron chi connectivity index (χ4n) is 1.18. The fraction of sp³-hybridized carbons (Fsp3) is 0. The molecule has 0 atom stereocenters. The second-order valence-corrected chi connectivity index (χ2v) is 2.89. The molecule has 0 radical (unpaired) electrons. The molecule has 0 unspecified atom stereocenters. The molecule has 0 aromatic carbocycles. The molecule has 2 rings (SSSR count). The van der Waals surface area contributed by atoms with Gasteiger partial charge in [-0.3, -0.25) is 9.97 Å². The van der Waals surface area contributed by atoms with Crippen molar-refractivity contribution in [2.75, 3.05) is 5.01 Å². The first-order valence-electron chi connectivity index (χ1n) is 4.17. The van der Waals surface area contributed by atoms with Crippen molar-refractivity contribution in [3.05, 3.63) is 30.6 Å². The lowest BCUT2D eigenvalue weighted by molar-refractivity contribution is 0.202. The number of nitrogens with zero attached hydrogens (tertiary/aromatic N) is 3. The standard InChI is InChI=1S/C9H8N4O2/c10-13(9(14)15)6-4-8-7(12-5-6)2-1-3-11-8/h1-5H,10H2,(H,14,15). The van der Waals surface area contributed by atoms with Gasteiger partial charge in [-0.05, 0) is 18.2 Å². The van der Waals surface area contributed by atoms with Crippen molar-refractivity contribution in [1.29, 1.82) is 0 Å². The van der Waals surface area contributed by atoms with Crippen molar-refractivity contribution in [3.8, 4) is 0 Å². The number of carboxylic acid groups (broad SMARTS) is 1. The van der Waals surface area contributed by atoms with E-state index in [1.54, 1.807) is 24.4 Å². The summed E-state index contributed by atoms with van der Waals surface area (Å²) in [6.45, 7) is 0. The topological polar surface area (TPSA) is 92.3 Å². The summed E-state index contributed by atoms with van der Waals surface area (Å²) in [7, 11) is 0. The number of rotatable bonds is 1. The summed E-state index contributed by atoms with van der Waals surface area (Å²) in [5, 5.41) is 9.26. The summed E-state index contributed by atoms with van der Waals surface area (Å²) in [5.74, 6) is 5.29. The monoisotopic (exact) mass is 204 g/mol. The van der Waals surface area contributed by atoms with Gasteiger partial charge in [0.2, 0.25) is 0 Å². The first-order valence-corrected chi connectivity index (χ1v) is 4.17. The van der Waals surface area contributed by atoms with E-state index in [-0.39, 0.29) is 5.69 Å². The largest absolute Gasteiger partial charge is 0.464 e. The Balaban J connectivity index is 2.51. The minimum absolute atomic E-state index is 0.286. The van der Waals surface area contributed by atoms with Crippen LogP contribution in [0.4, 0.5) is 10.5 Å². The van der Waals surface area contributed by atoms with Crippen molar-refractivity contribution >= 4 is 22.8 Å². The molecule has 0 bridgehead atoms. The van der Waals surface area contributed by atoms with Crippen LogP contribution < -0.4 is 10.9 Å².